The Balaban J connectivity index is 2.27. The molecule has 1 amide bonds. The van der Waals surface area contributed by atoms with E-state index in [0.717, 1.165) is 17.7 Å². The molecule has 0 aliphatic heterocycles. The van der Waals surface area contributed by atoms with Gasteiger partial charge in [-0.3, -0.25) is 4.79 Å². The average molecular weight is 448 g/mol. The number of carbonyl (C=O) groups is 1. The maximum absolute atomic E-state index is 13.3. The molecule has 0 spiro atoms. The van der Waals surface area contributed by atoms with Gasteiger partial charge >= 0.3 is 6.18 Å². The molecule has 0 heterocycles. The molecule has 1 N–H and O–H groups in total. The molecule has 0 aromatic heterocycles. The van der Waals surface area contributed by atoms with Gasteiger partial charge in [-0.15, -0.1) is 0 Å². The predicted molar refractivity (Wildman–Crippen MR) is 105 cm³/mol. The number of hydrogen-bond donors (Lipinski definition) is 1. The second kappa shape index (κ2) is 9.17. The minimum Gasteiger partial charge on any atom is -0.274 e. The smallest absolute Gasteiger partial charge is 0.274 e. The highest BCUT2D eigenvalue weighted by molar-refractivity contribution is 7.90. The summed E-state index contributed by atoms with van der Waals surface area (Å²) < 4.78 is 66.8. The molecule has 4 nitrogen and oxygen atoms in total. The fourth-order valence-corrected chi connectivity index (χ4v) is 4.79. The van der Waals surface area contributed by atoms with E-state index in [1.54, 1.807) is 18.6 Å². The van der Waals surface area contributed by atoms with Crippen LogP contribution in [0.1, 0.15) is 31.4 Å². The molecule has 0 bridgehead atoms. The molecule has 29 heavy (non-hydrogen) atoms. The number of halogens is 4. The Morgan fingerprint density at radius 3 is 2.24 bits per heavy atom. The zero-order chi connectivity index (χ0) is 21.8. The first-order valence-corrected chi connectivity index (χ1v) is 10.8. The summed E-state index contributed by atoms with van der Waals surface area (Å²) in [4.78, 5) is 11.5. The zero-order valence-electron chi connectivity index (χ0n) is 15.8. The molecule has 2 aromatic rings. The first kappa shape index (κ1) is 23.2. The van der Waals surface area contributed by atoms with Crippen molar-refractivity contribution in [3.05, 3.63) is 64.7 Å². The third-order valence-electron chi connectivity index (χ3n) is 4.50. The minimum absolute atomic E-state index is 0.220. The highest BCUT2D eigenvalue weighted by Crippen LogP contribution is 2.37. The highest BCUT2D eigenvalue weighted by Gasteiger charge is 2.39. The molecular weight excluding hydrogens is 427 g/mol. The summed E-state index contributed by atoms with van der Waals surface area (Å²) in [6.07, 6.45) is -4.07. The minimum atomic E-state index is -4.94. The molecule has 0 saturated heterocycles. The number of aryl methyl sites for hydroxylation is 1. The number of amides is 1. The topological polar surface area (TPSA) is 63.2 Å². The Bertz CT molecular complexity index is 961. The highest BCUT2D eigenvalue weighted by atomic mass is 35.5. The lowest BCUT2D eigenvalue weighted by molar-refractivity contribution is -0.140. The summed E-state index contributed by atoms with van der Waals surface area (Å²) in [6.45, 7) is 3.50. The van der Waals surface area contributed by atoms with Crippen LogP contribution < -0.4 is 4.72 Å². The fraction of sp³-hybridized carbons (Fsp3) is 0.350. The summed E-state index contributed by atoms with van der Waals surface area (Å²) in [6, 6.07) is 12.0. The molecule has 0 aliphatic rings. The summed E-state index contributed by atoms with van der Waals surface area (Å²) in [5, 5.41) is -0.606. The molecule has 1 unspecified atom stereocenters. The van der Waals surface area contributed by atoms with Gasteiger partial charge in [0, 0.05) is 5.92 Å². The average Bonchev–Trinajstić information content (AvgIpc) is 2.60. The van der Waals surface area contributed by atoms with Gasteiger partial charge in [-0.25, -0.2) is 13.1 Å². The van der Waals surface area contributed by atoms with Gasteiger partial charge in [0.25, 0.3) is 10.0 Å². The van der Waals surface area contributed by atoms with E-state index in [4.69, 9.17) is 11.6 Å². The molecule has 9 heteroatoms. The Morgan fingerprint density at radius 2 is 1.69 bits per heavy atom. The SMILES string of the molecule is CC(C)C(CCc1ccccc1)C(=O)NS(=O)(=O)c1c(Cl)cccc1C(F)(F)F. The van der Waals surface area contributed by atoms with Crippen molar-refractivity contribution in [1.82, 2.24) is 4.72 Å². The van der Waals surface area contributed by atoms with Crippen molar-refractivity contribution in [3.8, 4) is 0 Å². The number of nitrogens with one attached hydrogen (secondary N) is 1. The largest absolute Gasteiger partial charge is 0.417 e. The third kappa shape index (κ3) is 5.96. The number of carbonyl (C=O) groups excluding carboxylic acids is 1. The van der Waals surface area contributed by atoms with Gasteiger partial charge in [-0.1, -0.05) is 61.8 Å². The van der Waals surface area contributed by atoms with Crippen LogP contribution in [0.4, 0.5) is 13.2 Å². The number of sulfonamides is 1. The third-order valence-corrected chi connectivity index (χ3v) is 6.38. The lowest BCUT2D eigenvalue weighted by Gasteiger charge is -2.21. The van der Waals surface area contributed by atoms with Crippen molar-refractivity contribution in [3.63, 3.8) is 0 Å². The van der Waals surface area contributed by atoms with Gasteiger partial charge in [0.2, 0.25) is 5.91 Å². The van der Waals surface area contributed by atoms with Gasteiger partial charge in [0.1, 0.15) is 4.90 Å². The van der Waals surface area contributed by atoms with E-state index in [0.29, 0.717) is 18.9 Å². The van der Waals surface area contributed by atoms with E-state index in [1.165, 1.54) is 0 Å². The fourth-order valence-electron chi connectivity index (χ4n) is 3.00. The maximum atomic E-state index is 13.3. The zero-order valence-corrected chi connectivity index (χ0v) is 17.4. The van der Waals surface area contributed by atoms with E-state index in [-0.39, 0.29) is 5.92 Å². The van der Waals surface area contributed by atoms with Crippen LogP contribution in [0.2, 0.25) is 5.02 Å². The van der Waals surface area contributed by atoms with E-state index in [2.05, 4.69) is 0 Å². The lowest BCUT2D eigenvalue weighted by atomic mass is 9.89. The second-order valence-corrected chi connectivity index (χ2v) is 8.99. The van der Waals surface area contributed by atoms with Gasteiger partial charge in [-0.2, -0.15) is 13.2 Å². The number of rotatable bonds is 7. The van der Waals surface area contributed by atoms with Crippen LogP contribution in [-0.2, 0) is 27.4 Å². The standard InChI is InChI=1S/C20H21ClF3NO3S/c1-13(2)15(12-11-14-7-4-3-5-8-14)19(26)25-29(27,28)18-16(20(22,23)24)9-6-10-17(18)21/h3-10,13,15H,11-12H2,1-2H3,(H,25,26). The first-order chi connectivity index (χ1) is 13.4. The Labute approximate surface area is 173 Å². The normalized spacial score (nSPS) is 13.3. The van der Waals surface area contributed by atoms with Gasteiger partial charge in [0.15, 0.2) is 0 Å². The molecule has 2 rings (SSSR count). The summed E-state index contributed by atoms with van der Waals surface area (Å²) in [7, 11) is -4.82. The Hall–Kier alpha value is -2.06. The molecule has 1 atom stereocenters. The quantitative estimate of drug-likeness (QED) is 0.644. The monoisotopic (exact) mass is 447 g/mol. The summed E-state index contributed by atoms with van der Waals surface area (Å²) in [5.41, 5.74) is -0.449. The van der Waals surface area contributed by atoms with Gasteiger partial charge in [0.05, 0.1) is 10.6 Å². The van der Waals surface area contributed by atoms with Crippen LogP contribution in [0.25, 0.3) is 0 Å². The van der Waals surface area contributed by atoms with Crippen molar-refractivity contribution in [1.29, 1.82) is 0 Å². The van der Waals surface area contributed by atoms with Gasteiger partial charge in [-0.05, 0) is 36.5 Å². The van der Waals surface area contributed by atoms with Crippen LogP contribution in [0.3, 0.4) is 0 Å². The molecule has 0 fully saturated rings. The van der Waals surface area contributed by atoms with Gasteiger partial charge < -0.3 is 0 Å². The van der Waals surface area contributed by atoms with Crippen molar-refractivity contribution < 1.29 is 26.4 Å². The predicted octanol–water partition coefficient (Wildman–Crippen LogP) is 5.07. The van der Waals surface area contributed by atoms with Crippen LogP contribution in [0.5, 0.6) is 0 Å². The number of alkyl halides is 3. The molecule has 2 aromatic carbocycles. The van der Waals surface area contributed by atoms with Crippen LogP contribution in [0, 0.1) is 11.8 Å². The van der Waals surface area contributed by atoms with E-state index in [1.807, 2.05) is 30.3 Å². The summed E-state index contributed by atoms with van der Waals surface area (Å²) in [5.74, 6) is -1.78. The van der Waals surface area contributed by atoms with E-state index in [9.17, 15) is 26.4 Å². The lowest BCUT2D eigenvalue weighted by Crippen LogP contribution is -2.38. The number of benzene rings is 2. The van der Waals surface area contributed by atoms with Crippen LogP contribution >= 0.6 is 11.6 Å². The van der Waals surface area contributed by atoms with Crippen molar-refractivity contribution in [2.45, 2.75) is 37.8 Å². The van der Waals surface area contributed by atoms with Crippen molar-refractivity contribution >= 4 is 27.5 Å². The second-order valence-electron chi connectivity index (χ2n) is 6.96. The van der Waals surface area contributed by atoms with Crippen molar-refractivity contribution in [2.24, 2.45) is 11.8 Å². The van der Waals surface area contributed by atoms with Crippen LogP contribution in [0.15, 0.2) is 53.4 Å². The molecule has 0 aliphatic carbocycles. The molecular formula is C20H21ClF3NO3S. The molecule has 0 radical (unpaired) electrons. The molecule has 0 saturated carbocycles. The Morgan fingerprint density at radius 1 is 1.07 bits per heavy atom. The van der Waals surface area contributed by atoms with E-state index < -0.39 is 43.5 Å². The first-order valence-electron chi connectivity index (χ1n) is 8.89. The summed E-state index contributed by atoms with van der Waals surface area (Å²) >= 11 is 5.76. The molecule has 158 valence electrons. The number of hydrogen-bond acceptors (Lipinski definition) is 3. The van der Waals surface area contributed by atoms with Crippen LogP contribution in [-0.4, -0.2) is 14.3 Å². The van der Waals surface area contributed by atoms with E-state index >= 15 is 0 Å². The maximum Gasteiger partial charge on any atom is 0.417 e. The van der Waals surface area contributed by atoms with Crippen molar-refractivity contribution in [2.75, 3.05) is 0 Å². The Kier molecular flexibility index (Phi) is 7.35.